The number of ether oxygens (including phenoxy) is 2. The number of rotatable bonds is 36. The van der Waals surface area contributed by atoms with E-state index in [0.717, 1.165) is 53.3 Å². The normalized spacial score (nSPS) is 24.1. The number of carbonyl (C=O) groups is 17. The van der Waals surface area contributed by atoms with E-state index in [0.29, 0.717) is 11.3 Å². The number of aliphatic hydroxyl groups excluding tert-OH is 4. The first-order valence-electron chi connectivity index (χ1n) is 36.8. The fourth-order valence-electron chi connectivity index (χ4n) is 12.1. The van der Waals surface area contributed by atoms with Gasteiger partial charge in [0, 0.05) is 47.0 Å². The van der Waals surface area contributed by atoms with E-state index in [4.69, 9.17) is 38.1 Å². The minimum Gasteiger partial charge on any atom is -0.458 e. The summed E-state index contributed by atoms with van der Waals surface area (Å²) in [6, 6.07) is -21.6. The first-order valence-corrected chi connectivity index (χ1v) is 36.8. The van der Waals surface area contributed by atoms with E-state index < -0.39 is 258 Å². The van der Waals surface area contributed by atoms with Crippen molar-refractivity contribution in [2.45, 2.75) is 258 Å². The number of primary amides is 4. The molecule has 0 spiro atoms. The predicted molar refractivity (Wildman–Crippen MR) is 394 cm³/mol. The lowest BCUT2D eigenvalue weighted by Gasteiger charge is -2.35. The Morgan fingerprint density at radius 2 is 1.16 bits per heavy atom. The van der Waals surface area contributed by atoms with E-state index in [-0.39, 0.29) is 44.1 Å². The molecular weight excluding hydrogens is 1450 g/mol. The molecule has 40 nitrogen and oxygen atoms in total. The number of aliphatic hydroxyl groups is 4. The maximum atomic E-state index is 15.2. The fraction of sp³-hybridized carbons (Fsp3) is 0.757. The first-order chi connectivity index (χ1) is 50.9. The maximum absolute atomic E-state index is 15.2. The Bertz CT molecular complexity index is 3220. The number of methoxy groups -OCH3 is 1. The highest BCUT2D eigenvalue weighted by atomic mass is 16.5. The summed E-state index contributed by atoms with van der Waals surface area (Å²) in [7, 11) is 2.90. The first kappa shape index (κ1) is 98.8. The third-order valence-corrected chi connectivity index (χ3v) is 19.4. The van der Waals surface area contributed by atoms with Crippen LogP contribution in [0.4, 0.5) is 0 Å². The molecule has 16 amide bonds. The van der Waals surface area contributed by atoms with Crippen LogP contribution in [-0.4, -0.2) is 268 Å². The number of cyclic esters (lactones) is 1. The second-order valence-corrected chi connectivity index (χ2v) is 29.7. The third kappa shape index (κ3) is 30.2. The molecule has 1 saturated heterocycles. The van der Waals surface area contributed by atoms with E-state index in [1.807, 2.05) is 19.2 Å². The van der Waals surface area contributed by atoms with Gasteiger partial charge in [0.15, 0.2) is 18.2 Å². The number of carbonyl (C=O) groups excluding carboxylic acids is 17. The second-order valence-electron chi connectivity index (χ2n) is 29.7. The lowest BCUT2D eigenvalue weighted by molar-refractivity contribution is -0.163. The van der Waals surface area contributed by atoms with E-state index in [2.05, 4.69) is 47.9 Å². The summed E-state index contributed by atoms with van der Waals surface area (Å²) in [5, 5.41) is 69.5. The van der Waals surface area contributed by atoms with Crippen molar-refractivity contribution in [2.24, 2.45) is 76.0 Å². The zero-order valence-corrected chi connectivity index (χ0v) is 66.3. The SMILES string of the molecule is CCC(C)CC(C)C(O)C(C)C(=O)NC(CNC(C)=O)C(=O)NC(C(C)C)C(O)C(O)C(=O)NC(C(=O)NC1C(=O)NC(C(C)O)C(=O)NC(CCCN)C(=O)NC(CC(C)C)C(=O)N(C)C(CCC(N)=O)C(=O)NC(C(OC)C(N)=O)C(=O)NC(C(N)=O)C(=O)N(C)C(CC(C)C)C(=O)OC1C)C(C)C(C)C(N)=O. The van der Waals surface area contributed by atoms with Gasteiger partial charge in [-0.05, 0) is 94.4 Å². The molecule has 1 aliphatic heterocycles. The molecule has 0 aromatic heterocycles. The van der Waals surface area contributed by atoms with Crippen molar-refractivity contribution in [2.75, 3.05) is 34.3 Å². The standard InChI is InChI=1S/C70H123N17O23/c1-19-32(8)27-33(9)52(91)36(12)59(97)79-42(28-76-39(15)89)61(99)80-46(31(6)7)53(92)54(93)67(105)81-47(34(10)35(11)56(73)94)63(101)83-49-38(14)110-70(108)44(26-30(4)5)87(17)69(107)51(57(74)95)85-66(104)50(55(109-18)58(75)96)84-62(100)43(22-23-45(72)90)86(16)68(106)41(25-29(2)3)78-60(98)40(21-20-24-71)77-64(102)48(37(13)88)82-65(49)103/h29-38,40-44,46-55,88,91-93H,19-28,71H2,1-18H3,(H2,72,90)(H2,73,94)(H2,74,95)(H2,75,96)(H,76,89)(H,77,102)(H,78,98)(H,79,97)(H,80,99)(H,81,105)(H,82,103)(H,83,101)(H,84,100)(H,85,104). The molecule has 24 N–H and O–H groups in total. The molecule has 626 valence electrons. The van der Waals surface area contributed by atoms with Crippen molar-refractivity contribution in [3.05, 3.63) is 0 Å². The van der Waals surface area contributed by atoms with Gasteiger partial charge in [0.2, 0.25) is 82.7 Å². The molecule has 22 atom stereocenters. The highest BCUT2D eigenvalue weighted by molar-refractivity contribution is 6.09. The summed E-state index contributed by atoms with van der Waals surface area (Å²) >= 11 is 0. The number of esters is 1. The summed E-state index contributed by atoms with van der Waals surface area (Å²) in [6.07, 6.45) is -13.0. The second kappa shape index (κ2) is 46.4. The molecule has 0 radical (unpaired) electrons. The van der Waals surface area contributed by atoms with Crippen LogP contribution < -0.4 is 81.8 Å². The van der Waals surface area contributed by atoms with Crippen LogP contribution in [0.25, 0.3) is 0 Å². The van der Waals surface area contributed by atoms with Crippen LogP contribution >= 0.6 is 0 Å². The molecule has 0 aromatic carbocycles. The van der Waals surface area contributed by atoms with Gasteiger partial charge in [-0.1, -0.05) is 89.5 Å². The van der Waals surface area contributed by atoms with Gasteiger partial charge in [0.25, 0.3) is 11.8 Å². The number of hydrogen-bond acceptors (Lipinski definition) is 24. The minimum atomic E-state index is -2.62. The van der Waals surface area contributed by atoms with E-state index in [1.54, 1.807) is 34.6 Å². The fourth-order valence-corrected chi connectivity index (χ4v) is 12.1. The quantitative estimate of drug-likeness (QED) is 0.0205. The van der Waals surface area contributed by atoms with Crippen LogP contribution in [0, 0.1) is 47.3 Å². The van der Waals surface area contributed by atoms with Crippen LogP contribution in [0.2, 0.25) is 0 Å². The molecule has 0 saturated carbocycles. The van der Waals surface area contributed by atoms with Crippen molar-refractivity contribution in [3.8, 4) is 0 Å². The molecule has 0 aromatic rings. The minimum absolute atomic E-state index is 0.0108. The van der Waals surface area contributed by atoms with Crippen LogP contribution in [0.5, 0.6) is 0 Å². The summed E-state index contributed by atoms with van der Waals surface area (Å²) in [6.45, 7) is 21.4. The molecule has 0 aliphatic carbocycles. The smallest absolute Gasteiger partial charge is 0.329 e. The van der Waals surface area contributed by atoms with Crippen LogP contribution in [-0.2, 0) is 91.0 Å². The van der Waals surface area contributed by atoms with Crippen LogP contribution in [0.1, 0.15) is 155 Å². The Morgan fingerprint density at radius 3 is 1.65 bits per heavy atom. The number of nitrogens with one attached hydrogen (secondary N) is 10. The Balaban J connectivity index is 4.48. The molecule has 1 rings (SSSR count). The molecule has 110 heavy (non-hydrogen) atoms. The van der Waals surface area contributed by atoms with Gasteiger partial charge >= 0.3 is 5.97 Å². The topological polar surface area (TPSA) is 646 Å². The zero-order valence-electron chi connectivity index (χ0n) is 66.3. The number of likely N-dealkylation sites (N-methyl/N-ethyl adjacent to an activating group) is 2. The molecular formula is C70H123N17O23. The highest BCUT2D eigenvalue weighted by Gasteiger charge is 2.47. The van der Waals surface area contributed by atoms with Gasteiger partial charge in [-0.2, -0.15) is 0 Å². The third-order valence-electron chi connectivity index (χ3n) is 19.4. The molecule has 1 heterocycles. The lowest BCUT2D eigenvalue weighted by Crippen LogP contribution is -2.65. The number of amides is 16. The average molecular weight is 1570 g/mol. The summed E-state index contributed by atoms with van der Waals surface area (Å²) in [5.41, 5.74) is 28.4. The Hall–Kier alpha value is -9.25. The van der Waals surface area contributed by atoms with Crippen molar-refractivity contribution < 1.29 is 111 Å². The summed E-state index contributed by atoms with van der Waals surface area (Å²) < 4.78 is 11.1. The average Bonchev–Trinajstić information content (AvgIpc) is 0.872. The zero-order chi connectivity index (χ0) is 85.0. The largest absolute Gasteiger partial charge is 0.458 e. The Labute approximate surface area is 641 Å². The molecule has 22 unspecified atom stereocenters. The van der Waals surface area contributed by atoms with Crippen molar-refractivity contribution in [1.82, 2.24) is 63.0 Å². The molecule has 1 aliphatic rings. The van der Waals surface area contributed by atoms with Crippen molar-refractivity contribution >= 4 is 100 Å². The van der Waals surface area contributed by atoms with E-state index in [1.165, 1.54) is 34.6 Å². The Morgan fingerprint density at radius 1 is 0.609 bits per heavy atom. The van der Waals surface area contributed by atoms with Gasteiger partial charge in [-0.3, -0.25) is 76.7 Å². The van der Waals surface area contributed by atoms with E-state index >= 15 is 9.59 Å². The number of nitrogens with zero attached hydrogens (tertiary/aromatic N) is 2. The van der Waals surface area contributed by atoms with Gasteiger partial charge in [0.1, 0.15) is 66.6 Å². The molecule has 0 bridgehead atoms. The van der Waals surface area contributed by atoms with E-state index in [9.17, 15) is 92.3 Å². The van der Waals surface area contributed by atoms with Gasteiger partial charge in [-0.15, -0.1) is 0 Å². The Kier molecular flexibility index (Phi) is 41.7. The lowest BCUT2D eigenvalue weighted by atomic mass is 9.85. The maximum Gasteiger partial charge on any atom is 0.329 e. The summed E-state index contributed by atoms with van der Waals surface area (Å²) in [4.78, 5) is 240. The number of hydrogen-bond donors (Lipinski definition) is 19. The number of nitrogens with two attached hydrogens (primary N) is 5. The van der Waals surface area contributed by atoms with Crippen LogP contribution in [0.3, 0.4) is 0 Å². The monoisotopic (exact) mass is 1570 g/mol. The highest BCUT2D eigenvalue weighted by Crippen LogP contribution is 2.25. The van der Waals surface area contributed by atoms with Crippen LogP contribution in [0.15, 0.2) is 0 Å². The predicted octanol–water partition coefficient (Wildman–Crippen LogP) is -7.25. The molecule has 40 heteroatoms. The van der Waals surface area contributed by atoms with Gasteiger partial charge in [0.05, 0.1) is 24.2 Å². The van der Waals surface area contributed by atoms with Crippen molar-refractivity contribution in [1.29, 1.82) is 0 Å². The van der Waals surface area contributed by atoms with Gasteiger partial charge < -0.3 is 122 Å². The van der Waals surface area contributed by atoms with Crippen molar-refractivity contribution in [3.63, 3.8) is 0 Å². The summed E-state index contributed by atoms with van der Waals surface area (Å²) in [5.74, 6) is -27.4. The molecule has 1 fully saturated rings. The van der Waals surface area contributed by atoms with Gasteiger partial charge in [-0.25, -0.2) is 4.79 Å².